The average Bonchev–Trinajstić information content (AvgIpc) is 3.34. The van der Waals surface area contributed by atoms with Gasteiger partial charge in [-0.1, -0.05) is 24.3 Å². The van der Waals surface area contributed by atoms with Crippen molar-refractivity contribution in [2.24, 2.45) is 0 Å². The monoisotopic (exact) mass is 525 g/mol. The number of benzene rings is 3. The molecule has 2 N–H and O–H groups in total. The summed E-state index contributed by atoms with van der Waals surface area (Å²) in [6.07, 6.45) is -4.69. The molecule has 0 saturated carbocycles. The molecule has 1 aliphatic heterocycles. The Hall–Kier alpha value is -4.41. The molecule has 11 heteroatoms. The van der Waals surface area contributed by atoms with Crippen molar-refractivity contribution in [3.63, 3.8) is 0 Å². The van der Waals surface area contributed by atoms with Crippen LogP contribution in [0, 0.1) is 5.82 Å². The smallest absolute Gasteiger partial charge is 0.364 e. The molecule has 0 unspecified atom stereocenters. The zero-order valence-corrected chi connectivity index (χ0v) is 20.1. The molecule has 0 spiro atoms. The number of carbonyl (C=O) groups is 2. The summed E-state index contributed by atoms with van der Waals surface area (Å²) in [6.45, 7) is 1.04. The highest BCUT2D eigenvalue weighted by Crippen LogP contribution is 2.31. The van der Waals surface area contributed by atoms with Crippen LogP contribution in [0.4, 0.5) is 23.4 Å². The summed E-state index contributed by atoms with van der Waals surface area (Å²) in [5, 5.41) is 11.5. The molecular weight excluding hydrogens is 502 g/mol. The number of fused-ring (bicyclic) bond motifs is 1. The number of halogens is 4. The number of nitrogens with zero attached hydrogens (tertiary/aromatic N) is 3. The van der Waals surface area contributed by atoms with Crippen LogP contribution in [0.1, 0.15) is 31.8 Å². The molecule has 1 aromatic heterocycles. The second kappa shape index (κ2) is 10.2. The first-order chi connectivity index (χ1) is 18.2. The average molecular weight is 526 g/mol. The lowest BCUT2D eigenvalue weighted by Gasteiger charge is -2.35. The van der Waals surface area contributed by atoms with Crippen molar-refractivity contribution in [1.82, 2.24) is 20.0 Å². The summed E-state index contributed by atoms with van der Waals surface area (Å²) in [6, 6.07) is 16.7. The number of rotatable bonds is 5. The lowest BCUT2D eigenvalue weighted by atomic mass is 10.1. The lowest BCUT2D eigenvalue weighted by Crippen LogP contribution is -2.50. The van der Waals surface area contributed by atoms with Crippen LogP contribution >= 0.6 is 0 Å². The van der Waals surface area contributed by atoms with Gasteiger partial charge in [0, 0.05) is 43.7 Å². The number of alkyl halides is 3. The van der Waals surface area contributed by atoms with Gasteiger partial charge in [-0.25, -0.2) is 4.39 Å². The molecular formula is C27H23F4N5O2. The van der Waals surface area contributed by atoms with Crippen molar-refractivity contribution in [1.29, 1.82) is 0 Å². The summed E-state index contributed by atoms with van der Waals surface area (Å²) < 4.78 is 53.1. The maximum atomic E-state index is 14.1. The molecule has 38 heavy (non-hydrogen) atoms. The molecule has 1 saturated heterocycles. The lowest BCUT2D eigenvalue weighted by molar-refractivity contribution is -0.137. The van der Waals surface area contributed by atoms with Crippen LogP contribution in [0.25, 0.3) is 10.9 Å². The van der Waals surface area contributed by atoms with E-state index in [0.29, 0.717) is 30.3 Å². The van der Waals surface area contributed by atoms with Crippen molar-refractivity contribution in [3.8, 4) is 0 Å². The van der Waals surface area contributed by atoms with Crippen molar-refractivity contribution in [2.75, 3.05) is 31.5 Å². The number of anilines is 1. The summed E-state index contributed by atoms with van der Waals surface area (Å²) in [7, 11) is 0. The topological polar surface area (TPSA) is 81.3 Å². The van der Waals surface area contributed by atoms with Gasteiger partial charge >= 0.3 is 6.18 Å². The number of hydrogen-bond donors (Lipinski definition) is 2. The van der Waals surface area contributed by atoms with E-state index in [-0.39, 0.29) is 32.1 Å². The number of piperazine rings is 1. The SMILES string of the molecule is O=C(c1ccc(CNc2n[nH]c3ccccc23)cc1)N1CCN(C(=O)c2cc(C(F)(F)F)ccc2F)CC1. The minimum absolute atomic E-state index is 0.0832. The van der Waals surface area contributed by atoms with Gasteiger partial charge in [0.25, 0.3) is 11.8 Å². The molecule has 196 valence electrons. The largest absolute Gasteiger partial charge is 0.416 e. The highest BCUT2D eigenvalue weighted by molar-refractivity contribution is 5.96. The molecule has 0 bridgehead atoms. The normalized spacial score (nSPS) is 14.1. The van der Waals surface area contributed by atoms with E-state index in [1.165, 1.54) is 4.90 Å². The van der Waals surface area contributed by atoms with Gasteiger partial charge in [0.05, 0.1) is 16.6 Å². The van der Waals surface area contributed by atoms with Gasteiger partial charge in [-0.15, -0.1) is 0 Å². The third-order valence-electron chi connectivity index (χ3n) is 6.51. The first-order valence-electron chi connectivity index (χ1n) is 11.9. The predicted molar refractivity (Wildman–Crippen MR) is 133 cm³/mol. The van der Waals surface area contributed by atoms with Crippen molar-refractivity contribution in [3.05, 3.63) is 94.8 Å². The van der Waals surface area contributed by atoms with Gasteiger partial charge in [-0.05, 0) is 48.0 Å². The predicted octanol–water partition coefficient (Wildman–Crippen LogP) is 4.93. The van der Waals surface area contributed by atoms with Gasteiger partial charge in [0.15, 0.2) is 5.82 Å². The van der Waals surface area contributed by atoms with Gasteiger partial charge in [0.2, 0.25) is 0 Å². The maximum Gasteiger partial charge on any atom is 0.416 e. The van der Waals surface area contributed by atoms with Crippen LogP contribution in [-0.2, 0) is 12.7 Å². The van der Waals surface area contributed by atoms with Gasteiger partial charge in [-0.2, -0.15) is 18.3 Å². The fourth-order valence-corrected chi connectivity index (χ4v) is 4.38. The molecule has 5 rings (SSSR count). The number of aromatic amines is 1. The maximum absolute atomic E-state index is 14.1. The number of carbonyl (C=O) groups excluding carboxylic acids is 2. The Morgan fingerprint density at radius 1 is 0.895 bits per heavy atom. The molecule has 1 aliphatic rings. The zero-order valence-electron chi connectivity index (χ0n) is 20.1. The summed E-state index contributed by atoms with van der Waals surface area (Å²) in [4.78, 5) is 28.5. The van der Waals surface area contributed by atoms with E-state index in [2.05, 4.69) is 15.5 Å². The van der Waals surface area contributed by atoms with E-state index >= 15 is 0 Å². The molecule has 4 aromatic rings. The van der Waals surface area contributed by atoms with E-state index < -0.39 is 29.0 Å². The second-order valence-electron chi connectivity index (χ2n) is 8.95. The van der Waals surface area contributed by atoms with Gasteiger partial charge in [-0.3, -0.25) is 14.7 Å². The van der Waals surface area contributed by atoms with E-state index in [9.17, 15) is 27.2 Å². The summed E-state index contributed by atoms with van der Waals surface area (Å²) in [5.41, 5.74) is 0.631. The van der Waals surface area contributed by atoms with Crippen LogP contribution in [0.15, 0.2) is 66.7 Å². The highest BCUT2D eigenvalue weighted by atomic mass is 19.4. The molecule has 7 nitrogen and oxygen atoms in total. The fourth-order valence-electron chi connectivity index (χ4n) is 4.38. The van der Waals surface area contributed by atoms with Crippen LogP contribution in [0.3, 0.4) is 0 Å². The minimum atomic E-state index is -4.69. The van der Waals surface area contributed by atoms with Crippen molar-refractivity contribution < 1.29 is 27.2 Å². The third kappa shape index (κ3) is 5.17. The molecule has 2 amide bonds. The molecule has 0 atom stereocenters. The molecule has 2 heterocycles. The van der Waals surface area contributed by atoms with Crippen LogP contribution < -0.4 is 5.32 Å². The number of hydrogen-bond acceptors (Lipinski definition) is 4. The van der Waals surface area contributed by atoms with Crippen molar-refractivity contribution in [2.45, 2.75) is 12.7 Å². The Balaban J connectivity index is 1.17. The summed E-state index contributed by atoms with van der Waals surface area (Å²) in [5.74, 6) is -1.34. The Bertz CT molecular complexity index is 1480. The van der Waals surface area contributed by atoms with E-state index in [0.717, 1.165) is 22.3 Å². The quantitative estimate of drug-likeness (QED) is 0.362. The second-order valence-corrected chi connectivity index (χ2v) is 8.95. The minimum Gasteiger partial charge on any atom is -0.364 e. The molecule has 0 radical (unpaired) electrons. The number of para-hydroxylation sites is 1. The van der Waals surface area contributed by atoms with Crippen LogP contribution in [0.5, 0.6) is 0 Å². The Labute approximate surface area is 215 Å². The van der Waals surface area contributed by atoms with Gasteiger partial charge < -0.3 is 15.1 Å². The standard InChI is InChI=1S/C27H23F4N5O2/c28-22-10-9-19(27(29,30)31)15-21(22)26(38)36-13-11-35(12-14-36)25(37)18-7-5-17(6-8-18)16-32-24-20-3-1-2-4-23(20)33-34-24/h1-10,15H,11-14,16H2,(H2,32,33,34). The number of aromatic nitrogens is 2. The number of H-pyrrole nitrogens is 1. The Morgan fingerprint density at radius 2 is 1.55 bits per heavy atom. The third-order valence-corrected chi connectivity index (χ3v) is 6.51. The van der Waals surface area contributed by atoms with Gasteiger partial charge in [0.1, 0.15) is 5.82 Å². The highest BCUT2D eigenvalue weighted by Gasteiger charge is 2.33. The van der Waals surface area contributed by atoms with Crippen LogP contribution in [0.2, 0.25) is 0 Å². The fraction of sp³-hybridized carbons (Fsp3) is 0.222. The number of nitrogens with one attached hydrogen (secondary N) is 2. The first-order valence-corrected chi connectivity index (χ1v) is 11.9. The van der Waals surface area contributed by atoms with E-state index in [1.807, 2.05) is 36.4 Å². The van der Waals surface area contributed by atoms with E-state index in [1.54, 1.807) is 17.0 Å². The first kappa shape index (κ1) is 25.2. The summed E-state index contributed by atoms with van der Waals surface area (Å²) >= 11 is 0. The van der Waals surface area contributed by atoms with Crippen molar-refractivity contribution >= 4 is 28.5 Å². The van der Waals surface area contributed by atoms with Crippen LogP contribution in [-0.4, -0.2) is 58.0 Å². The molecule has 3 aromatic carbocycles. The zero-order chi connectivity index (χ0) is 26.9. The Kier molecular flexibility index (Phi) is 6.75. The van der Waals surface area contributed by atoms with E-state index in [4.69, 9.17) is 0 Å². The number of amides is 2. The Morgan fingerprint density at radius 3 is 2.24 bits per heavy atom. The molecule has 0 aliphatic carbocycles. The molecule has 1 fully saturated rings.